The lowest BCUT2D eigenvalue weighted by molar-refractivity contribution is 0.0916. The monoisotopic (exact) mass is 289 g/mol. The highest BCUT2D eigenvalue weighted by Crippen LogP contribution is 2.23. The number of carbonyl (C=O) groups excluding carboxylic acids is 1. The fraction of sp³-hybridized carbons (Fsp3) is 0.692. The summed E-state index contributed by atoms with van der Waals surface area (Å²) in [5.74, 6) is -0.437. The van der Waals surface area contributed by atoms with Crippen molar-refractivity contribution >= 4 is 5.91 Å². The molecule has 20 heavy (non-hydrogen) atoms. The molecule has 0 spiro atoms. The van der Waals surface area contributed by atoms with Gasteiger partial charge >= 0.3 is 0 Å². The molecule has 114 valence electrons. The molecule has 1 rings (SSSR count). The van der Waals surface area contributed by atoms with Gasteiger partial charge in [-0.2, -0.15) is 5.10 Å². The summed E-state index contributed by atoms with van der Waals surface area (Å²) in [6.45, 7) is 5.74. The van der Waals surface area contributed by atoms with Gasteiger partial charge in [-0.1, -0.05) is 13.8 Å². The van der Waals surface area contributed by atoms with E-state index in [4.69, 9.17) is 5.11 Å². The highest BCUT2D eigenvalue weighted by Gasteiger charge is 2.25. The van der Waals surface area contributed by atoms with Gasteiger partial charge in [0.2, 0.25) is 0 Å². The Morgan fingerprint density at radius 2 is 2.10 bits per heavy atom. The minimum Gasteiger partial charge on any atom is -0.396 e. The summed E-state index contributed by atoms with van der Waals surface area (Å²) in [4.78, 5) is 12.0. The van der Waals surface area contributed by atoms with Crippen LogP contribution >= 0.6 is 0 Å². The summed E-state index contributed by atoms with van der Waals surface area (Å²) in [7, 11) is 0. The largest absolute Gasteiger partial charge is 0.396 e. The van der Waals surface area contributed by atoms with Crippen molar-refractivity contribution in [2.24, 2.45) is 5.92 Å². The quantitative estimate of drug-likeness (QED) is 0.806. The number of rotatable bonds is 7. The Hall–Kier alpha value is -1.50. The number of aliphatic hydroxyl groups is 1. The first-order valence-corrected chi connectivity index (χ1v) is 6.62. The summed E-state index contributed by atoms with van der Waals surface area (Å²) < 4.78 is 27.5. The molecule has 2 N–H and O–H groups in total. The van der Waals surface area contributed by atoms with Crippen molar-refractivity contribution in [2.75, 3.05) is 6.61 Å². The molecule has 0 saturated carbocycles. The maximum atomic E-state index is 13.1. The van der Waals surface area contributed by atoms with Gasteiger partial charge in [-0.05, 0) is 19.3 Å². The fourth-order valence-electron chi connectivity index (χ4n) is 1.86. The number of nitrogens with one attached hydrogen (secondary N) is 1. The number of aromatic nitrogens is 2. The third kappa shape index (κ3) is 4.26. The highest BCUT2D eigenvalue weighted by molar-refractivity contribution is 5.95. The summed E-state index contributed by atoms with van der Waals surface area (Å²) in [5, 5.41) is 15.2. The van der Waals surface area contributed by atoms with Crippen LogP contribution in [-0.4, -0.2) is 33.4 Å². The van der Waals surface area contributed by atoms with Gasteiger partial charge in [0.15, 0.2) is 0 Å². The molecule has 0 bridgehead atoms. The molecule has 1 unspecified atom stereocenters. The van der Waals surface area contributed by atoms with Crippen molar-refractivity contribution in [2.45, 2.75) is 46.2 Å². The zero-order valence-electron chi connectivity index (χ0n) is 11.9. The lowest BCUT2D eigenvalue weighted by Crippen LogP contribution is -2.33. The lowest BCUT2D eigenvalue weighted by Gasteiger charge is -2.14. The standard InChI is InChI=1S/C13H21F2N3O2/c1-8(2)7-18-11(12(14)15)10(6-16-18)13(20)17-9(3)4-5-19/h6,8-9,12,19H,4-5,7H2,1-3H3,(H,17,20). The maximum absolute atomic E-state index is 13.1. The van der Waals surface area contributed by atoms with Crippen molar-refractivity contribution < 1.29 is 18.7 Å². The fourth-order valence-corrected chi connectivity index (χ4v) is 1.86. The summed E-state index contributed by atoms with van der Waals surface area (Å²) in [5.41, 5.74) is -0.460. The van der Waals surface area contributed by atoms with Crippen LogP contribution in [0.15, 0.2) is 6.20 Å². The molecule has 1 amide bonds. The van der Waals surface area contributed by atoms with Gasteiger partial charge < -0.3 is 10.4 Å². The first-order valence-electron chi connectivity index (χ1n) is 6.62. The molecule has 0 aliphatic heterocycles. The number of hydrogen-bond donors (Lipinski definition) is 2. The van der Waals surface area contributed by atoms with Crippen molar-refractivity contribution in [3.63, 3.8) is 0 Å². The average molecular weight is 289 g/mol. The molecule has 0 aliphatic rings. The van der Waals surface area contributed by atoms with Crippen LogP contribution in [0.25, 0.3) is 0 Å². The maximum Gasteiger partial charge on any atom is 0.280 e. The summed E-state index contributed by atoms with van der Waals surface area (Å²) in [6.07, 6.45) is -1.22. The van der Waals surface area contributed by atoms with Crippen LogP contribution in [0.4, 0.5) is 8.78 Å². The molecule has 0 fully saturated rings. The first kappa shape index (κ1) is 16.6. The molecule has 0 radical (unpaired) electrons. The molecule has 7 heteroatoms. The molecule has 1 heterocycles. The Morgan fingerprint density at radius 1 is 1.45 bits per heavy atom. The third-order valence-corrected chi connectivity index (χ3v) is 2.81. The number of nitrogens with zero attached hydrogens (tertiary/aromatic N) is 2. The van der Waals surface area contributed by atoms with Gasteiger partial charge in [-0.15, -0.1) is 0 Å². The SMILES string of the molecule is CC(C)Cn1ncc(C(=O)NC(C)CCO)c1C(F)F. The third-order valence-electron chi connectivity index (χ3n) is 2.81. The lowest BCUT2D eigenvalue weighted by atomic mass is 10.2. The predicted molar refractivity (Wildman–Crippen MR) is 70.7 cm³/mol. The van der Waals surface area contributed by atoms with Gasteiger partial charge in [0.1, 0.15) is 5.69 Å². The number of hydrogen-bond acceptors (Lipinski definition) is 3. The second kappa shape index (κ2) is 7.33. The van der Waals surface area contributed by atoms with Crippen LogP contribution in [0.1, 0.15) is 49.7 Å². The second-order valence-electron chi connectivity index (χ2n) is 5.21. The summed E-state index contributed by atoms with van der Waals surface area (Å²) >= 11 is 0. The van der Waals surface area contributed by atoms with Crippen LogP contribution in [0.5, 0.6) is 0 Å². The van der Waals surface area contributed by atoms with Crippen molar-refractivity contribution in [1.82, 2.24) is 15.1 Å². The molecular formula is C13H21F2N3O2. The molecule has 0 aliphatic carbocycles. The highest BCUT2D eigenvalue weighted by atomic mass is 19.3. The Balaban J connectivity index is 2.94. The molecule has 1 aromatic heterocycles. The molecular weight excluding hydrogens is 268 g/mol. The number of halogens is 2. The average Bonchev–Trinajstić information content (AvgIpc) is 2.71. The number of alkyl halides is 2. The zero-order valence-corrected chi connectivity index (χ0v) is 11.9. The van der Waals surface area contributed by atoms with E-state index in [9.17, 15) is 13.6 Å². The normalized spacial score (nSPS) is 13.0. The van der Waals surface area contributed by atoms with Gasteiger partial charge in [-0.3, -0.25) is 9.48 Å². The Bertz CT molecular complexity index is 447. The molecule has 0 saturated heterocycles. The molecule has 5 nitrogen and oxygen atoms in total. The minimum absolute atomic E-state index is 0.0736. The van der Waals surface area contributed by atoms with E-state index >= 15 is 0 Å². The van der Waals surface area contributed by atoms with Crippen LogP contribution in [0.2, 0.25) is 0 Å². The summed E-state index contributed by atoms with van der Waals surface area (Å²) in [6, 6.07) is -0.286. The topological polar surface area (TPSA) is 67.2 Å². The van der Waals surface area contributed by atoms with Crippen LogP contribution in [0, 0.1) is 5.92 Å². The molecule has 0 aromatic carbocycles. The van der Waals surface area contributed by atoms with Gasteiger partial charge in [0.25, 0.3) is 12.3 Å². The smallest absolute Gasteiger partial charge is 0.280 e. The molecule has 1 aromatic rings. The Morgan fingerprint density at radius 3 is 2.60 bits per heavy atom. The van der Waals surface area contributed by atoms with E-state index in [0.29, 0.717) is 13.0 Å². The van der Waals surface area contributed by atoms with Gasteiger partial charge in [0.05, 0.1) is 11.8 Å². The Kier molecular flexibility index (Phi) is 6.06. The minimum atomic E-state index is -2.76. The number of amides is 1. The van der Waals surface area contributed by atoms with Crippen LogP contribution in [0.3, 0.4) is 0 Å². The first-order chi connectivity index (χ1) is 9.36. The zero-order chi connectivity index (χ0) is 15.3. The number of carbonyl (C=O) groups is 1. The van der Waals surface area contributed by atoms with E-state index in [1.54, 1.807) is 6.92 Å². The number of aliphatic hydroxyl groups excluding tert-OH is 1. The van der Waals surface area contributed by atoms with E-state index < -0.39 is 12.3 Å². The van der Waals surface area contributed by atoms with Crippen LogP contribution < -0.4 is 5.32 Å². The molecule has 1 atom stereocenters. The Labute approximate surface area is 117 Å². The van der Waals surface area contributed by atoms with Crippen molar-refractivity contribution in [1.29, 1.82) is 0 Å². The second-order valence-corrected chi connectivity index (χ2v) is 5.21. The van der Waals surface area contributed by atoms with Gasteiger partial charge in [-0.25, -0.2) is 8.78 Å². The van der Waals surface area contributed by atoms with Crippen molar-refractivity contribution in [3.8, 4) is 0 Å². The predicted octanol–water partition coefficient (Wildman–Crippen LogP) is 1.98. The van der Waals surface area contributed by atoms with Gasteiger partial charge in [0, 0.05) is 19.2 Å². The van der Waals surface area contributed by atoms with Crippen LogP contribution in [-0.2, 0) is 6.54 Å². The van der Waals surface area contributed by atoms with E-state index in [1.807, 2.05) is 13.8 Å². The van der Waals surface area contributed by atoms with E-state index in [0.717, 1.165) is 0 Å². The van der Waals surface area contributed by atoms with E-state index in [1.165, 1.54) is 10.9 Å². The van der Waals surface area contributed by atoms with E-state index in [2.05, 4.69) is 10.4 Å². The van der Waals surface area contributed by atoms with Crippen molar-refractivity contribution in [3.05, 3.63) is 17.5 Å². The van der Waals surface area contributed by atoms with E-state index in [-0.39, 0.29) is 29.8 Å².